The third-order valence-electron chi connectivity index (χ3n) is 4.59. The van der Waals surface area contributed by atoms with Crippen molar-refractivity contribution < 1.29 is 9.53 Å². The van der Waals surface area contributed by atoms with Crippen LogP contribution in [-0.2, 0) is 10.2 Å². The molecule has 0 heterocycles. The van der Waals surface area contributed by atoms with Gasteiger partial charge in [0.05, 0.1) is 10.0 Å². The molecule has 24 heavy (non-hydrogen) atoms. The average Bonchev–Trinajstić information content (AvgIpc) is 2.46. The predicted molar refractivity (Wildman–Crippen MR) is 100 cm³/mol. The summed E-state index contributed by atoms with van der Waals surface area (Å²) in [7, 11) is 0. The quantitative estimate of drug-likeness (QED) is 0.710. The van der Waals surface area contributed by atoms with Crippen LogP contribution in [0.4, 0.5) is 4.79 Å². The first-order valence-corrected chi connectivity index (χ1v) is 9.29. The number of carbonyl (C=O) groups is 1. The lowest BCUT2D eigenvalue weighted by molar-refractivity contribution is 0.0503. The molecule has 1 fully saturated rings. The molecule has 0 bridgehead atoms. The summed E-state index contributed by atoms with van der Waals surface area (Å²) in [4.78, 5) is 12.1. The number of hydrogen-bond donors (Lipinski definition) is 1. The SMILES string of the molecule is C[C@@H]1CCC[C@](CNC(=O)OC(C)(C)C)(c2ccc(Cl)c(Cl)c2)C1. The summed E-state index contributed by atoms with van der Waals surface area (Å²) in [6, 6.07) is 5.81. The molecule has 2 atom stereocenters. The zero-order chi connectivity index (χ0) is 18.0. The van der Waals surface area contributed by atoms with E-state index in [4.69, 9.17) is 27.9 Å². The monoisotopic (exact) mass is 371 g/mol. The number of nitrogens with one attached hydrogen (secondary N) is 1. The lowest BCUT2D eigenvalue weighted by atomic mass is 9.66. The Morgan fingerprint density at radius 3 is 2.62 bits per heavy atom. The van der Waals surface area contributed by atoms with E-state index in [9.17, 15) is 4.79 Å². The van der Waals surface area contributed by atoms with Crippen LogP contribution < -0.4 is 5.32 Å². The number of rotatable bonds is 3. The normalized spacial score (nSPS) is 24.5. The highest BCUT2D eigenvalue weighted by molar-refractivity contribution is 6.42. The van der Waals surface area contributed by atoms with E-state index in [1.165, 1.54) is 6.42 Å². The fourth-order valence-corrected chi connectivity index (χ4v) is 3.86. The first-order valence-electron chi connectivity index (χ1n) is 8.54. The van der Waals surface area contributed by atoms with Crippen molar-refractivity contribution in [1.82, 2.24) is 5.32 Å². The zero-order valence-corrected chi connectivity index (χ0v) is 16.4. The van der Waals surface area contributed by atoms with Crippen molar-refractivity contribution in [1.29, 1.82) is 0 Å². The summed E-state index contributed by atoms with van der Waals surface area (Å²) in [5, 5.41) is 4.08. The van der Waals surface area contributed by atoms with Crippen molar-refractivity contribution in [2.75, 3.05) is 6.54 Å². The van der Waals surface area contributed by atoms with Crippen molar-refractivity contribution in [2.24, 2.45) is 5.92 Å². The molecule has 1 aliphatic rings. The molecule has 0 unspecified atom stereocenters. The molecular weight excluding hydrogens is 345 g/mol. The molecule has 1 aliphatic carbocycles. The van der Waals surface area contributed by atoms with E-state index in [0.29, 0.717) is 22.5 Å². The van der Waals surface area contributed by atoms with Gasteiger partial charge in [0.1, 0.15) is 5.60 Å². The van der Waals surface area contributed by atoms with Crippen LogP contribution in [0.25, 0.3) is 0 Å². The second-order valence-electron chi connectivity index (χ2n) is 7.97. The molecule has 5 heteroatoms. The molecule has 0 aromatic heterocycles. The van der Waals surface area contributed by atoms with Gasteiger partial charge in [0.2, 0.25) is 0 Å². The summed E-state index contributed by atoms with van der Waals surface area (Å²) in [5.41, 5.74) is 0.517. The second kappa shape index (κ2) is 7.53. The zero-order valence-electron chi connectivity index (χ0n) is 14.9. The second-order valence-corrected chi connectivity index (χ2v) is 8.78. The number of amides is 1. The molecule has 1 aromatic carbocycles. The summed E-state index contributed by atoms with van der Waals surface area (Å²) in [6.07, 6.45) is 4.01. The van der Waals surface area contributed by atoms with E-state index >= 15 is 0 Å². The highest BCUT2D eigenvalue weighted by Gasteiger charge is 2.37. The number of halogens is 2. The molecule has 0 radical (unpaired) electrons. The molecule has 1 amide bonds. The highest BCUT2D eigenvalue weighted by Crippen LogP contribution is 2.43. The Balaban J connectivity index is 2.21. The maximum Gasteiger partial charge on any atom is 0.407 e. The first kappa shape index (κ1) is 19.4. The van der Waals surface area contributed by atoms with Crippen molar-refractivity contribution in [3.8, 4) is 0 Å². The van der Waals surface area contributed by atoms with Gasteiger partial charge >= 0.3 is 6.09 Å². The Labute approximate surface area is 155 Å². The number of alkyl carbamates (subject to hydrolysis) is 1. The fourth-order valence-electron chi connectivity index (χ4n) is 3.57. The minimum Gasteiger partial charge on any atom is -0.444 e. The van der Waals surface area contributed by atoms with Crippen molar-refractivity contribution >= 4 is 29.3 Å². The third kappa shape index (κ3) is 5.03. The van der Waals surface area contributed by atoms with E-state index in [1.807, 2.05) is 39.0 Å². The molecular formula is C19H27Cl2NO2. The van der Waals surface area contributed by atoms with Crippen LogP contribution in [0.15, 0.2) is 18.2 Å². The topological polar surface area (TPSA) is 38.3 Å². The Morgan fingerprint density at radius 1 is 1.33 bits per heavy atom. The van der Waals surface area contributed by atoms with E-state index in [2.05, 4.69) is 12.2 Å². The molecule has 1 saturated carbocycles. The summed E-state index contributed by atoms with van der Waals surface area (Å²) in [5.74, 6) is 0.605. The van der Waals surface area contributed by atoms with Crippen molar-refractivity contribution in [3.05, 3.63) is 33.8 Å². The Hall–Kier alpha value is -0.930. The standard InChI is InChI=1S/C19H27Cl2NO2/c1-13-6-5-9-19(11-13,12-22-17(23)24-18(2,3)4)14-7-8-15(20)16(21)10-14/h7-8,10,13H,5-6,9,11-12H2,1-4H3,(H,22,23)/t13-,19+/m1/s1. The highest BCUT2D eigenvalue weighted by atomic mass is 35.5. The van der Waals surface area contributed by atoms with Gasteiger partial charge in [-0.2, -0.15) is 0 Å². The largest absolute Gasteiger partial charge is 0.444 e. The lowest BCUT2D eigenvalue weighted by Gasteiger charge is -2.41. The number of hydrogen-bond acceptors (Lipinski definition) is 2. The van der Waals surface area contributed by atoms with Gasteiger partial charge in [-0.1, -0.05) is 49.0 Å². The van der Waals surface area contributed by atoms with Crippen molar-refractivity contribution in [3.63, 3.8) is 0 Å². The predicted octanol–water partition coefficient (Wildman–Crippen LogP) is 5.97. The van der Waals surface area contributed by atoms with E-state index in [0.717, 1.165) is 24.8 Å². The van der Waals surface area contributed by atoms with Gasteiger partial charge in [-0.15, -0.1) is 0 Å². The Bertz CT molecular complexity index is 598. The summed E-state index contributed by atoms with van der Waals surface area (Å²) in [6.45, 7) is 8.40. The van der Waals surface area contributed by atoms with Crippen LogP contribution >= 0.6 is 23.2 Å². The smallest absolute Gasteiger partial charge is 0.407 e. The van der Waals surface area contributed by atoms with E-state index in [-0.39, 0.29) is 11.5 Å². The van der Waals surface area contributed by atoms with Crippen LogP contribution in [0, 0.1) is 5.92 Å². The Morgan fingerprint density at radius 2 is 2.04 bits per heavy atom. The number of ether oxygens (including phenoxy) is 1. The van der Waals surface area contributed by atoms with Gasteiger partial charge in [0.25, 0.3) is 0 Å². The molecule has 2 rings (SSSR count). The molecule has 1 N–H and O–H groups in total. The van der Waals surface area contributed by atoms with Gasteiger partial charge in [0, 0.05) is 12.0 Å². The molecule has 134 valence electrons. The van der Waals surface area contributed by atoms with Gasteiger partial charge < -0.3 is 10.1 Å². The summed E-state index contributed by atoms with van der Waals surface area (Å²) < 4.78 is 5.38. The summed E-state index contributed by atoms with van der Waals surface area (Å²) >= 11 is 12.3. The Kier molecular flexibility index (Phi) is 6.09. The van der Waals surface area contributed by atoms with Gasteiger partial charge in [-0.05, 0) is 57.2 Å². The van der Waals surface area contributed by atoms with Crippen LogP contribution in [-0.4, -0.2) is 18.2 Å². The maximum atomic E-state index is 12.1. The fraction of sp³-hybridized carbons (Fsp3) is 0.632. The molecule has 0 aliphatic heterocycles. The van der Waals surface area contributed by atoms with E-state index in [1.54, 1.807) is 0 Å². The molecule has 1 aromatic rings. The molecule has 0 spiro atoms. The van der Waals surface area contributed by atoms with Gasteiger partial charge in [-0.3, -0.25) is 0 Å². The molecule has 3 nitrogen and oxygen atoms in total. The minimum atomic E-state index is -0.499. The van der Waals surface area contributed by atoms with Crippen LogP contribution in [0.5, 0.6) is 0 Å². The number of benzene rings is 1. The lowest BCUT2D eigenvalue weighted by Crippen LogP contribution is -2.45. The van der Waals surface area contributed by atoms with Crippen LogP contribution in [0.1, 0.15) is 58.9 Å². The average molecular weight is 372 g/mol. The van der Waals surface area contributed by atoms with Crippen LogP contribution in [0.3, 0.4) is 0 Å². The van der Waals surface area contributed by atoms with E-state index < -0.39 is 5.60 Å². The first-order chi connectivity index (χ1) is 11.1. The van der Waals surface area contributed by atoms with Gasteiger partial charge in [-0.25, -0.2) is 4.79 Å². The minimum absolute atomic E-state index is 0.122. The van der Waals surface area contributed by atoms with Crippen LogP contribution in [0.2, 0.25) is 10.0 Å². The van der Waals surface area contributed by atoms with Crippen molar-refractivity contribution in [2.45, 2.75) is 64.4 Å². The molecule has 0 saturated heterocycles. The third-order valence-corrected chi connectivity index (χ3v) is 5.33. The van der Waals surface area contributed by atoms with Gasteiger partial charge in [0.15, 0.2) is 0 Å². The number of carbonyl (C=O) groups excluding carboxylic acids is 1. The maximum absolute atomic E-state index is 12.1.